The quantitative estimate of drug-likeness (QED) is 0.851. The summed E-state index contributed by atoms with van der Waals surface area (Å²) in [6.45, 7) is 4.21. The van der Waals surface area contributed by atoms with Crippen molar-refractivity contribution in [2.75, 3.05) is 10.8 Å². The summed E-state index contributed by atoms with van der Waals surface area (Å²) in [6, 6.07) is 16.8. The van der Waals surface area contributed by atoms with E-state index in [9.17, 15) is 8.42 Å². The summed E-state index contributed by atoms with van der Waals surface area (Å²) < 4.78 is 28.0. The molecule has 124 valence electrons. The molecule has 1 aliphatic heterocycles. The maximum absolute atomic E-state index is 13.2. The fraction of sp³-hybridized carbons (Fsp3) is 0.316. The Balaban J connectivity index is 2.11. The van der Waals surface area contributed by atoms with Crippen molar-refractivity contribution in [3.8, 4) is 6.07 Å². The van der Waals surface area contributed by atoms with Gasteiger partial charge in [-0.3, -0.25) is 4.31 Å². The van der Waals surface area contributed by atoms with Crippen molar-refractivity contribution in [3.05, 3.63) is 59.7 Å². The van der Waals surface area contributed by atoms with E-state index in [1.165, 1.54) is 4.31 Å². The van der Waals surface area contributed by atoms with Crippen molar-refractivity contribution >= 4 is 15.7 Å². The van der Waals surface area contributed by atoms with Gasteiger partial charge in [-0.15, -0.1) is 0 Å². The Morgan fingerprint density at radius 2 is 1.83 bits per heavy atom. The Labute approximate surface area is 143 Å². The summed E-state index contributed by atoms with van der Waals surface area (Å²) in [7, 11) is -3.63. The molecule has 1 atom stereocenters. The fourth-order valence-electron chi connectivity index (χ4n) is 3.41. The molecule has 0 N–H and O–H groups in total. The van der Waals surface area contributed by atoms with E-state index in [0.29, 0.717) is 24.3 Å². The molecule has 0 aromatic heterocycles. The Bertz CT molecular complexity index is 915. The molecule has 4 nitrogen and oxygen atoms in total. The number of anilines is 1. The Morgan fingerprint density at radius 1 is 1.17 bits per heavy atom. The number of fused-ring (bicyclic) bond motifs is 1. The minimum atomic E-state index is -3.63. The van der Waals surface area contributed by atoms with Gasteiger partial charge in [0.1, 0.15) is 0 Å². The SMILES string of the molecule is Cc1ccccc1S(=O)(=O)N1CC(C)(CCC#N)c2ccccc21. The van der Waals surface area contributed by atoms with Gasteiger partial charge in [0, 0.05) is 18.4 Å². The second-order valence-electron chi connectivity index (χ2n) is 6.51. The van der Waals surface area contributed by atoms with Crippen LogP contribution in [-0.2, 0) is 15.4 Å². The van der Waals surface area contributed by atoms with Crippen molar-refractivity contribution in [2.24, 2.45) is 0 Å². The molecule has 1 heterocycles. The zero-order valence-corrected chi connectivity index (χ0v) is 14.7. The molecule has 3 rings (SSSR count). The summed E-state index contributed by atoms with van der Waals surface area (Å²) in [6.07, 6.45) is 1.05. The van der Waals surface area contributed by atoms with Gasteiger partial charge in [0.15, 0.2) is 0 Å². The predicted molar refractivity (Wildman–Crippen MR) is 94.4 cm³/mol. The van der Waals surface area contributed by atoms with Crippen molar-refractivity contribution in [2.45, 2.75) is 37.0 Å². The second-order valence-corrected chi connectivity index (χ2v) is 8.34. The molecule has 2 aromatic carbocycles. The number of aryl methyl sites for hydroxylation is 1. The minimum Gasteiger partial charge on any atom is -0.265 e. The Morgan fingerprint density at radius 3 is 2.54 bits per heavy atom. The zero-order chi connectivity index (χ0) is 17.4. The predicted octanol–water partition coefficient (Wildman–Crippen LogP) is 3.77. The molecule has 1 unspecified atom stereocenters. The monoisotopic (exact) mass is 340 g/mol. The summed E-state index contributed by atoms with van der Waals surface area (Å²) in [5.41, 5.74) is 2.11. The molecule has 0 spiro atoms. The lowest BCUT2D eigenvalue weighted by Gasteiger charge is -2.25. The summed E-state index contributed by atoms with van der Waals surface area (Å²) in [5, 5.41) is 8.95. The summed E-state index contributed by atoms with van der Waals surface area (Å²) in [4.78, 5) is 0.337. The van der Waals surface area contributed by atoms with Crippen molar-refractivity contribution in [1.82, 2.24) is 0 Å². The number of sulfonamides is 1. The van der Waals surface area contributed by atoms with E-state index in [1.807, 2.05) is 50.2 Å². The number of para-hydroxylation sites is 1. The molecule has 0 amide bonds. The molecule has 1 aliphatic rings. The van der Waals surface area contributed by atoms with Gasteiger partial charge >= 0.3 is 0 Å². The van der Waals surface area contributed by atoms with E-state index < -0.39 is 10.0 Å². The first-order chi connectivity index (χ1) is 11.4. The molecular formula is C19H20N2O2S. The van der Waals surface area contributed by atoms with Gasteiger partial charge in [-0.1, -0.05) is 43.3 Å². The average Bonchev–Trinajstić information content (AvgIpc) is 2.88. The van der Waals surface area contributed by atoms with Crippen LogP contribution in [0.2, 0.25) is 0 Å². The number of nitrogens with zero attached hydrogens (tertiary/aromatic N) is 2. The van der Waals surface area contributed by atoms with Gasteiger partial charge in [0.25, 0.3) is 10.0 Å². The van der Waals surface area contributed by atoms with Crippen LogP contribution in [0.3, 0.4) is 0 Å². The van der Waals surface area contributed by atoms with Crippen LogP contribution in [0.15, 0.2) is 53.4 Å². The van der Waals surface area contributed by atoms with Crippen LogP contribution in [-0.4, -0.2) is 15.0 Å². The van der Waals surface area contributed by atoms with Crippen molar-refractivity contribution in [3.63, 3.8) is 0 Å². The molecule has 0 saturated heterocycles. The van der Waals surface area contributed by atoms with Gasteiger partial charge in [-0.2, -0.15) is 5.26 Å². The topological polar surface area (TPSA) is 61.2 Å². The Hall–Kier alpha value is -2.32. The van der Waals surface area contributed by atoms with Gasteiger partial charge < -0.3 is 0 Å². The van der Waals surface area contributed by atoms with Gasteiger partial charge in [0.05, 0.1) is 16.7 Å². The molecule has 0 fully saturated rings. The van der Waals surface area contributed by atoms with Crippen molar-refractivity contribution < 1.29 is 8.42 Å². The van der Waals surface area contributed by atoms with Crippen LogP contribution in [0.5, 0.6) is 0 Å². The van der Waals surface area contributed by atoms with Crippen LogP contribution in [0, 0.1) is 18.3 Å². The lowest BCUT2D eigenvalue weighted by Crippen LogP contribution is -2.35. The first kappa shape index (κ1) is 16.5. The lowest BCUT2D eigenvalue weighted by molar-refractivity contribution is 0.474. The number of hydrogen-bond acceptors (Lipinski definition) is 3. The standard InChI is InChI=1S/C19H20N2O2S/c1-15-8-3-6-11-18(15)24(22,23)21-14-19(2,12-7-13-20)16-9-4-5-10-17(16)21/h3-6,8-11H,7,12,14H2,1-2H3. The van der Waals surface area contributed by atoms with E-state index in [1.54, 1.807) is 12.1 Å². The molecule has 2 aromatic rings. The van der Waals surface area contributed by atoms with E-state index in [-0.39, 0.29) is 5.41 Å². The van der Waals surface area contributed by atoms with Crippen LogP contribution in [0.1, 0.15) is 30.9 Å². The normalized spacial score (nSPS) is 19.8. The van der Waals surface area contributed by atoms with E-state index in [2.05, 4.69) is 6.07 Å². The number of rotatable bonds is 4. The maximum Gasteiger partial charge on any atom is 0.264 e. The molecule has 5 heteroatoms. The number of benzene rings is 2. The summed E-state index contributed by atoms with van der Waals surface area (Å²) in [5.74, 6) is 0. The van der Waals surface area contributed by atoms with Gasteiger partial charge in [0.2, 0.25) is 0 Å². The van der Waals surface area contributed by atoms with E-state index >= 15 is 0 Å². The first-order valence-corrected chi connectivity index (χ1v) is 9.39. The van der Waals surface area contributed by atoms with E-state index in [4.69, 9.17) is 5.26 Å². The van der Waals surface area contributed by atoms with Gasteiger partial charge in [-0.25, -0.2) is 8.42 Å². The van der Waals surface area contributed by atoms with Crippen LogP contribution < -0.4 is 4.31 Å². The third-order valence-electron chi connectivity index (χ3n) is 4.77. The minimum absolute atomic E-state index is 0.337. The molecule has 0 bridgehead atoms. The highest BCUT2D eigenvalue weighted by molar-refractivity contribution is 7.93. The highest BCUT2D eigenvalue weighted by atomic mass is 32.2. The molecule has 0 radical (unpaired) electrons. The van der Waals surface area contributed by atoms with Crippen LogP contribution >= 0.6 is 0 Å². The third kappa shape index (κ3) is 2.57. The zero-order valence-electron chi connectivity index (χ0n) is 13.9. The summed E-state index contributed by atoms with van der Waals surface area (Å²) >= 11 is 0. The molecule has 0 saturated carbocycles. The second kappa shape index (κ2) is 5.95. The largest absolute Gasteiger partial charge is 0.265 e. The molecular weight excluding hydrogens is 320 g/mol. The third-order valence-corrected chi connectivity index (χ3v) is 6.69. The Kier molecular flexibility index (Phi) is 4.10. The van der Waals surface area contributed by atoms with Crippen molar-refractivity contribution in [1.29, 1.82) is 5.26 Å². The highest BCUT2D eigenvalue weighted by Gasteiger charge is 2.43. The maximum atomic E-state index is 13.2. The smallest absolute Gasteiger partial charge is 0.264 e. The average molecular weight is 340 g/mol. The lowest BCUT2D eigenvalue weighted by atomic mass is 9.80. The molecule has 0 aliphatic carbocycles. The first-order valence-electron chi connectivity index (χ1n) is 7.95. The molecule has 24 heavy (non-hydrogen) atoms. The van der Waals surface area contributed by atoms with Gasteiger partial charge in [-0.05, 0) is 36.6 Å². The van der Waals surface area contributed by atoms with E-state index in [0.717, 1.165) is 16.8 Å². The van der Waals surface area contributed by atoms with Crippen LogP contribution in [0.25, 0.3) is 0 Å². The highest BCUT2D eigenvalue weighted by Crippen LogP contribution is 2.45. The van der Waals surface area contributed by atoms with Crippen LogP contribution in [0.4, 0.5) is 5.69 Å². The number of nitriles is 1. The fourth-order valence-corrected chi connectivity index (χ4v) is 5.25. The number of hydrogen-bond donors (Lipinski definition) is 0.